The monoisotopic (exact) mass is 251 g/mol. The van der Waals surface area contributed by atoms with Crippen molar-refractivity contribution in [2.45, 2.75) is 0 Å². The Hall–Kier alpha value is -2.14. The summed E-state index contributed by atoms with van der Waals surface area (Å²) in [5.41, 5.74) is 0.122. The third kappa shape index (κ3) is 2.19. The number of aldehydes is 1. The molecule has 0 atom stereocenters. The molecule has 2 rings (SSSR count). The summed E-state index contributed by atoms with van der Waals surface area (Å²) in [6, 6.07) is 7.07. The number of nitro groups is 1. The van der Waals surface area contributed by atoms with Gasteiger partial charge in [0.1, 0.15) is 5.76 Å². The molecule has 0 amide bonds. The van der Waals surface area contributed by atoms with Crippen molar-refractivity contribution < 1.29 is 14.1 Å². The molecule has 0 saturated carbocycles. The molecule has 0 aliphatic heterocycles. The van der Waals surface area contributed by atoms with Gasteiger partial charge in [0.25, 0.3) is 5.69 Å². The topological polar surface area (TPSA) is 73.3 Å². The highest BCUT2D eigenvalue weighted by molar-refractivity contribution is 6.31. The molecule has 0 fully saturated rings. The number of carbonyl (C=O) groups excluding carboxylic acids is 1. The highest BCUT2D eigenvalue weighted by Gasteiger charge is 2.18. The Morgan fingerprint density at radius 1 is 1.29 bits per heavy atom. The Morgan fingerprint density at radius 3 is 2.65 bits per heavy atom. The highest BCUT2D eigenvalue weighted by Crippen LogP contribution is 2.33. The Labute approximate surface area is 101 Å². The molecule has 0 unspecified atom stereocenters. The molecule has 0 aliphatic carbocycles. The molecule has 0 saturated heterocycles. The average Bonchev–Trinajstić information content (AvgIpc) is 2.76. The lowest BCUT2D eigenvalue weighted by molar-refractivity contribution is -0.384. The normalized spacial score (nSPS) is 10.2. The fourth-order valence-electron chi connectivity index (χ4n) is 1.43. The van der Waals surface area contributed by atoms with Crippen molar-refractivity contribution in [3.63, 3.8) is 0 Å². The summed E-state index contributed by atoms with van der Waals surface area (Å²) in [5.74, 6) is 0.343. The van der Waals surface area contributed by atoms with E-state index >= 15 is 0 Å². The first-order chi connectivity index (χ1) is 8.11. The van der Waals surface area contributed by atoms with Crippen molar-refractivity contribution in [1.29, 1.82) is 0 Å². The van der Waals surface area contributed by atoms with Gasteiger partial charge in [0.05, 0.1) is 10.5 Å². The third-order valence-corrected chi connectivity index (χ3v) is 2.40. The van der Waals surface area contributed by atoms with Gasteiger partial charge in [0, 0.05) is 11.1 Å². The van der Waals surface area contributed by atoms with Gasteiger partial charge in [-0.25, -0.2) is 0 Å². The van der Waals surface area contributed by atoms with Crippen molar-refractivity contribution in [1.82, 2.24) is 0 Å². The van der Waals surface area contributed by atoms with E-state index in [1.165, 1.54) is 30.3 Å². The molecule has 5 nitrogen and oxygen atoms in total. The number of furan rings is 1. The van der Waals surface area contributed by atoms with E-state index in [1.54, 1.807) is 0 Å². The summed E-state index contributed by atoms with van der Waals surface area (Å²) in [7, 11) is 0. The molecule has 6 heteroatoms. The maximum atomic E-state index is 10.8. The van der Waals surface area contributed by atoms with E-state index in [9.17, 15) is 14.9 Å². The zero-order valence-electron chi connectivity index (χ0n) is 8.42. The second-order valence-electron chi connectivity index (χ2n) is 3.24. The van der Waals surface area contributed by atoms with Crippen molar-refractivity contribution >= 4 is 23.6 Å². The van der Waals surface area contributed by atoms with E-state index in [4.69, 9.17) is 16.0 Å². The van der Waals surface area contributed by atoms with Gasteiger partial charge in [-0.2, -0.15) is 0 Å². The van der Waals surface area contributed by atoms with Crippen molar-refractivity contribution in [3.05, 3.63) is 51.2 Å². The molecule has 2 aromatic rings. The second kappa shape index (κ2) is 4.39. The molecule has 0 bridgehead atoms. The minimum atomic E-state index is -0.533. The van der Waals surface area contributed by atoms with E-state index in [0.717, 1.165) is 0 Å². The van der Waals surface area contributed by atoms with Crippen LogP contribution in [0.15, 0.2) is 34.7 Å². The molecule has 0 spiro atoms. The summed E-state index contributed by atoms with van der Waals surface area (Å²) in [6.45, 7) is 0. The predicted octanol–water partition coefficient (Wildman–Crippen LogP) is 3.32. The standard InChI is InChI=1S/C11H6ClNO4/c12-7-1-3-10(13(15)16)9(5-7)11-4-2-8(6-14)17-11/h1-6H. The number of hydrogen-bond acceptors (Lipinski definition) is 4. The maximum Gasteiger partial charge on any atom is 0.280 e. The maximum absolute atomic E-state index is 10.8. The lowest BCUT2D eigenvalue weighted by atomic mass is 10.1. The molecular weight excluding hydrogens is 246 g/mol. The third-order valence-electron chi connectivity index (χ3n) is 2.16. The van der Waals surface area contributed by atoms with Gasteiger partial charge in [-0.05, 0) is 24.3 Å². The number of halogens is 1. The molecular formula is C11H6ClNO4. The Bertz CT molecular complexity index is 591. The number of carbonyl (C=O) groups is 1. The quantitative estimate of drug-likeness (QED) is 0.476. The van der Waals surface area contributed by atoms with Crippen LogP contribution in [0.1, 0.15) is 10.6 Å². The van der Waals surface area contributed by atoms with Crippen LogP contribution in [0, 0.1) is 10.1 Å². The van der Waals surface area contributed by atoms with Gasteiger partial charge in [-0.1, -0.05) is 11.6 Å². The zero-order chi connectivity index (χ0) is 12.4. The van der Waals surface area contributed by atoms with Crippen LogP contribution in [0.4, 0.5) is 5.69 Å². The molecule has 17 heavy (non-hydrogen) atoms. The highest BCUT2D eigenvalue weighted by atomic mass is 35.5. The summed E-state index contributed by atoms with van der Waals surface area (Å²) in [4.78, 5) is 20.8. The van der Waals surface area contributed by atoms with Crippen LogP contribution >= 0.6 is 11.6 Å². The zero-order valence-corrected chi connectivity index (χ0v) is 9.18. The largest absolute Gasteiger partial charge is 0.453 e. The van der Waals surface area contributed by atoms with Crippen LogP contribution in [0.25, 0.3) is 11.3 Å². The number of nitro benzene ring substituents is 1. The fraction of sp³-hybridized carbons (Fsp3) is 0. The number of nitrogens with zero attached hydrogens (tertiary/aromatic N) is 1. The molecule has 0 N–H and O–H groups in total. The Balaban J connectivity index is 2.60. The fourth-order valence-corrected chi connectivity index (χ4v) is 1.60. The number of benzene rings is 1. The van der Waals surface area contributed by atoms with Gasteiger partial charge >= 0.3 is 0 Å². The van der Waals surface area contributed by atoms with Crippen LogP contribution in [0.3, 0.4) is 0 Å². The van der Waals surface area contributed by atoms with E-state index in [2.05, 4.69) is 0 Å². The van der Waals surface area contributed by atoms with Crippen LogP contribution in [-0.4, -0.2) is 11.2 Å². The Kier molecular flexibility index (Phi) is 2.93. The van der Waals surface area contributed by atoms with Gasteiger partial charge in [-0.15, -0.1) is 0 Å². The summed E-state index contributed by atoms with van der Waals surface area (Å²) < 4.78 is 5.13. The summed E-state index contributed by atoms with van der Waals surface area (Å²) in [6.07, 6.45) is 0.528. The average molecular weight is 252 g/mol. The first-order valence-electron chi connectivity index (χ1n) is 4.61. The summed E-state index contributed by atoms with van der Waals surface area (Å²) in [5, 5.41) is 11.2. The van der Waals surface area contributed by atoms with Crippen molar-refractivity contribution in [3.8, 4) is 11.3 Å². The van der Waals surface area contributed by atoms with E-state index in [0.29, 0.717) is 11.3 Å². The molecule has 1 heterocycles. The smallest absolute Gasteiger partial charge is 0.280 e. The summed E-state index contributed by atoms with van der Waals surface area (Å²) >= 11 is 5.78. The predicted molar refractivity (Wildman–Crippen MR) is 61.2 cm³/mol. The number of rotatable bonds is 3. The van der Waals surface area contributed by atoms with Crippen LogP contribution in [0.5, 0.6) is 0 Å². The first-order valence-corrected chi connectivity index (χ1v) is 4.99. The minimum Gasteiger partial charge on any atom is -0.453 e. The molecule has 0 radical (unpaired) electrons. The molecule has 1 aromatic heterocycles. The van der Waals surface area contributed by atoms with Crippen molar-refractivity contribution in [2.24, 2.45) is 0 Å². The SMILES string of the molecule is O=Cc1ccc(-c2cc(Cl)ccc2[N+](=O)[O-])o1. The van der Waals surface area contributed by atoms with Crippen LogP contribution in [0.2, 0.25) is 5.02 Å². The van der Waals surface area contributed by atoms with E-state index in [1.807, 2.05) is 0 Å². The second-order valence-corrected chi connectivity index (χ2v) is 3.67. The van der Waals surface area contributed by atoms with Gasteiger partial charge < -0.3 is 4.42 Å². The number of hydrogen-bond donors (Lipinski definition) is 0. The van der Waals surface area contributed by atoms with E-state index in [-0.39, 0.29) is 22.8 Å². The van der Waals surface area contributed by atoms with E-state index < -0.39 is 4.92 Å². The molecule has 0 aliphatic rings. The van der Waals surface area contributed by atoms with Gasteiger partial charge in [0.2, 0.25) is 0 Å². The lowest BCUT2D eigenvalue weighted by Gasteiger charge is -2.00. The van der Waals surface area contributed by atoms with Crippen LogP contribution < -0.4 is 0 Å². The molecule has 86 valence electrons. The first kappa shape index (κ1) is 11.3. The lowest BCUT2D eigenvalue weighted by Crippen LogP contribution is -1.91. The molecule has 1 aromatic carbocycles. The Morgan fingerprint density at radius 2 is 2.06 bits per heavy atom. The van der Waals surface area contributed by atoms with Gasteiger partial charge in [0.15, 0.2) is 12.0 Å². The van der Waals surface area contributed by atoms with Crippen LogP contribution in [-0.2, 0) is 0 Å². The van der Waals surface area contributed by atoms with Gasteiger partial charge in [-0.3, -0.25) is 14.9 Å². The van der Waals surface area contributed by atoms with Crippen molar-refractivity contribution in [2.75, 3.05) is 0 Å². The minimum absolute atomic E-state index is 0.106.